The molecule has 0 amide bonds. The van der Waals surface area contributed by atoms with E-state index in [4.69, 9.17) is 0 Å². The topological polar surface area (TPSA) is 0 Å². The van der Waals surface area contributed by atoms with Crippen LogP contribution in [-0.2, 0) is 0 Å². The number of hydrogen-bond donors (Lipinski definition) is 0. The summed E-state index contributed by atoms with van der Waals surface area (Å²) >= 11 is 2.57. The molecular weight excluding hydrogens is 367 g/mol. The fourth-order valence-electron chi connectivity index (χ4n) is 2.56. The van der Waals surface area contributed by atoms with Gasteiger partial charge in [0.15, 0.2) is 0 Å². The van der Waals surface area contributed by atoms with Crippen molar-refractivity contribution in [1.29, 1.82) is 0 Å². The third-order valence-electron chi connectivity index (χ3n) is 3.57. The molecule has 1 unspecified atom stereocenters. The molecule has 18 heavy (non-hydrogen) atoms. The molecule has 0 nitrogen and oxygen atoms in total. The van der Waals surface area contributed by atoms with Gasteiger partial charge in [0, 0.05) is 0 Å². The summed E-state index contributed by atoms with van der Waals surface area (Å²) in [5.74, 6) is 0.572. The second-order valence-corrected chi connectivity index (χ2v) is 9.71. The second-order valence-electron chi connectivity index (χ2n) is 8.61. The van der Waals surface area contributed by atoms with E-state index in [2.05, 4.69) is 105 Å². The van der Waals surface area contributed by atoms with Crippen LogP contribution in [0.5, 0.6) is 0 Å². The first kappa shape index (κ1) is 16.8. The van der Waals surface area contributed by atoms with Gasteiger partial charge in [-0.05, 0) is 0 Å². The third kappa shape index (κ3) is 3.44. The van der Waals surface area contributed by atoms with Crippen LogP contribution in [0, 0.1) is 58.4 Å². The number of allylic oxidation sites excluding steroid dienone is 4. The monoisotopic (exact) mass is 397 g/mol. The second kappa shape index (κ2) is 4.94. The molecule has 0 bridgehead atoms. The molecule has 1 aliphatic rings. The molecule has 0 saturated carbocycles. The van der Waals surface area contributed by atoms with Crippen molar-refractivity contribution in [3.05, 3.63) is 18.8 Å². The fraction of sp³-hybridized carbons (Fsp3) is 0.765. The molecule has 1 aliphatic carbocycles. The molecule has 0 spiro atoms. The van der Waals surface area contributed by atoms with Crippen molar-refractivity contribution in [3.63, 3.8) is 0 Å². The number of hydrogen-bond acceptors (Lipinski definition) is 0. The maximum atomic E-state index is 2.57. The Morgan fingerprint density at radius 1 is 0.833 bits per heavy atom. The zero-order chi connectivity index (χ0) is 14.5. The molecule has 0 saturated heterocycles. The summed E-state index contributed by atoms with van der Waals surface area (Å²) < 4.78 is 1.56. The molecule has 1 heteroatoms. The van der Waals surface area contributed by atoms with Crippen molar-refractivity contribution in [2.45, 2.75) is 62.3 Å². The molecular formula is C17H29Dy. The Bertz CT molecular complexity index is 389. The molecule has 0 radical (unpaired) electrons. The average molecular weight is 396 g/mol. The molecule has 0 aromatic rings. The van der Waals surface area contributed by atoms with Crippen LogP contribution in [-0.4, -0.2) is 0 Å². The summed E-state index contributed by atoms with van der Waals surface area (Å²) in [6, 6.07) is 0. The molecule has 1 rings (SSSR count). The van der Waals surface area contributed by atoms with Crippen molar-refractivity contribution in [2.75, 3.05) is 0 Å². The minimum atomic E-state index is 0.232. The Morgan fingerprint density at radius 2 is 1.28 bits per heavy atom. The van der Waals surface area contributed by atoms with Crippen LogP contribution in [0.4, 0.5) is 0 Å². The van der Waals surface area contributed by atoms with E-state index >= 15 is 0 Å². The minimum absolute atomic E-state index is 0.232. The van der Waals surface area contributed by atoms with Crippen LogP contribution in [0.1, 0.15) is 62.3 Å². The van der Waals surface area contributed by atoms with Gasteiger partial charge in [0.25, 0.3) is 0 Å². The van der Waals surface area contributed by atoms with Crippen LogP contribution < -0.4 is 0 Å². The van der Waals surface area contributed by atoms with Gasteiger partial charge >= 0.3 is 140 Å². The zero-order valence-electron chi connectivity index (χ0n) is 13.5. The standard InChI is InChI=1S/C17H29.Dy/c1-15(2,3)12-10-13(16(4,5)6)14(11-12)17(7,8)9;/h10,12H,1-9H3;. The first-order valence-corrected chi connectivity index (χ1v) is 7.87. The predicted molar refractivity (Wildman–Crippen MR) is 77.0 cm³/mol. The molecule has 107 valence electrons. The van der Waals surface area contributed by atoms with Crippen molar-refractivity contribution in [1.82, 2.24) is 0 Å². The van der Waals surface area contributed by atoms with E-state index < -0.39 is 0 Å². The van der Waals surface area contributed by atoms with Gasteiger partial charge in [-0.2, -0.15) is 0 Å². The van der Waals surface area contributed by atoms with E-state index in [1.807, 2.05) is 0 Å². The van der Waals surface area contributed by atoms with E-state index in [0.717, 1.165) is 0 Å². The van der Waals surface area contributed by atoms with Crippen LogP contribution in [0.2, 0.25) is 0 Å². The molecule has 0 fully saturated rings. The van der Waals surface area contributed by atoms with Crippen LogP contribution in [0.15, 0.2) is 18.8 Å². The predicted octanol–water partition coefficient (Wildman–Crippen LogP) is 5.48. The van der Waals surface area contributed by atoms with Gasteiger partial charge in [-0.25, -0.2) is 0 Å². The Labute approximate surface area is 138 Å². The maximum absolute atomic E-state index is 2.57. The van der Waals surface area contributed by atoms with Crippen molar-refractivity contribution >= 4 is 0 Å². The third-order valence-corrected chi connectivity index (χ3v) is 4.71. The van der Waals surface area contributed by atoms with Gasteiger partial charge in [0.05, 0.1) is 0 Å². The van der Waals surface area contributed by atoms with Crippen LogP contribution in [0.25, 0.3) is 0 Å². The normalized spacial score (nSPS) is 22.6. The van der Waals surface area contributed by atoms with E-state index in [1.54, 1.807) is 12.8 Å². The number of rotatable bonds is 0. The Balaban J connectivity index is 3.43. The van der Waals surface area contributed by atoms with E-state index in [1.165, 1.54) is 0 Å². The molecule has 0 heterocycles. The van der Waals surface area contributed by atoms with Gasteiger partial charge in [0.1, 0.15) is 0 Å². The van der Waals surface area contributed by atoms with Gasteiger partial charge in [0.2, 0.25) is 0 Å². The SMILES string of the molecule is CC(C)(C)C1=CC(C(C)(C)C)[C]([Dy])=C1C(C)(C)C. The van der Waals surface area contributed by atoms with Gasteiger partial charge < -0.3 is 0 Å². The Morgan fingerprint density at radius 3 is 1.50 bits per heavy atom. The summed E-state index contributed by atoms with van der Waals surface area (Å²) in [4.78, 5) is 0. The first-order valence-electron chi connectivity index (χ1n) is 6.86. The molecule has 0 aromatic heterocycles. The Kier molecular flexibility index (Phi) is 4.61. The zero-order valence-corrected chi connectivity index (χ0v) is 15.5. The average Bonchev–Trinajstić information content (AvgIpc) is 2.39. The van der Waals surface area contributed by atoms with Gasteiger partial charge in [-0.15, -0.1) is 0 Å². The first-order chi connectivity index (χ1) is 7.76. The van der Waals surface area contributed by atoms with Crippen molar-refractivity contribution in [3.8, 4) is 0 Å². The van der Waals surface area contributed by atoms with E-state index in [9.17, 15) is 0 Å². The fourth-order valence-corrected chi connectivity index (χ4v) is 4.64. The molecule has 0 N–H and O–H groups in total. The summed E-state index contributed by atoms with van der Waals surface area (Å²) in [5, 5.41) is 0. The van der Waals surface area contributed by atoms with Crippen molar-refractivity contribution in [2.24, 2.45) is 22.2 Å². The van der Waals surface area contributed by atoms with E-state index in [-0.39, 0.29) is 10.8 Å². The molecule has 0 aliphatic heterocycles. The van der Waals surface area contributed by atoms with Gasteiger partial charge in [-0.1, -0.05) is 0 Å². The summed E-state index contributed by atoms with van der Waals surface area (Å²) in [6.07, 6.45) is 2.53. The molecule has 0 aromatic carbocycles. The van der Waals surface area contributed by atoms with Crippen LogP contribution in [0.3, 0.4) is 0 Å². The van der Waals surface area contributed by atoms with Crippen LogP contribution >= 0.6 is 0 Å². The Hall–Kier alpha value is 0.753. The molecule has 1 atom stereocenters. The van der Waals surface area contributed by atoms with Gasteiger partial charge in [-0.3, -0.25) is 0 Å². The summed E-state index contributed by atoms with van der Waals surface area (Å²) in [7, 11) is 0. The van der Waals surface area contributed by atoms with E-state index in [0.29, 0.717) is 11.3 Å². The quantitative estimate of drug-likeness (QED) is 0.509. The van der Waals surface area contributed by atoms with Crippen molar-refractivity contribution < 1.29 is 36.2 Å². The summed E-state index contributed by atoms with van der Waals surface area (Å²) in [5.41, 5.74) is 3.91. The summed E-state index contributed by atoms with van der Waals surface area (Å²) in [6.45, 7) is 21.1.